The van der Waals surface area contributed by atoms with E-state index in [1.54, 1.807) is 12.1 Å². The SMILES string of the molecule is NC(=NCCNC(=O)Cc1cccc(F)c1)Nc1cccc(Oc2ccccc2)c1. The molecule has 0 unspecified atom stereocenters. The van der Waals surface area contributed by atoms with Crippen molar-refractivity contribution in [3.8, 4) is 11.5 Å². The van der Waals surface area contributed by atoms with Gasteiger partial charge in [-0.3, -0.25) is 9.79 Å². The van der Waals surface area contributed by atoms with E-state index < -0.39 is 0 Å². The zero-order chi connectivity index (χ0) is 21.2. The summed E-state index contributed by atoms with van der Waals surface area (Å²) in [5.41, 5.74) is 7.27. The number of ether oxygens (including phenoxy) is 1. The fourth-order valence-corrected chi connectivity index (χ4v) is 2.72. The van der Waals surface area contributed by atoms with Crippen LogP contribution in [-0.2, 0) is 11.2 Å². The van der Waals surface area contributed by atoms with Crippen LogP contribution >= 0.6 is 0 Å². The maximum Gasteiger partial charge on any atom is 0.224 e. The second-order valence-electron chi connectivity index (χ2n) is 6.49. The van der Waals surface area contributed by atoms with Crippen molar-refractivity contribution in [2.45, 2.75) is 6.42 Å². The highest BCUT2D eigenvalue weighted by molar-refractivity contribution is 5.92. The average molecular weight is 406 g/mol. The summed E-state index contributed by atoms with van der Waals surface area (Å²) in [6.07, 6.45) is 0.114. The summed E-state index contributed by atoms with van der Waals surface area (Å²) in [5.74, 6) is 1.08. The van der Waals surface area contributed by atoms with Gasteiger partial charge in [0.05, 0.1) is 13.0 Å². The molecule has 0 aliphatic rings. The molecule has 0 spiro atoms. The van der Waals surface area contributed by atoms with E-state index in [2.05, 4.69) is 15.6 Å². The lowest BCUT2D eigenvalue weighted by Gasteiger charge is -2.09. The summed E-state index contributed by atoms with van der Waals surface area (Å²) in [7, 11) is 0. The van der Waals surface area contributed by atoms with Gasteiger partial charge in [-0.2, -0.15) is 0 Å². The van der Waals surface area contributed by atoms with Crippen LogP contribution in [0.5, 0.6) is 11.5 Å². The van der Waals surface area contributed by atoms with Gasteiger partial charge in [0.2, 0.25) is 5.91 Å². The number of nitrogens with zero attached hydrogens (tertiary/aromatic N) is 1. The molecule has 0 atom stereocenters. The molecule has 4 N–H and O–H groups in total. The van der Waals surface area contributed by atoms with Crippen molar-refractivity contribution in [2.24, 2.45) is 10.7 Å². The molecule has 0 heterocycles. The van der Waals surface area contributed by atoms with Gasteiger partial charge in [0.1, 0.15) is 17.3 Å². The Morgan fingerprint density at radius 1 is 0.967 bits per heavy atom. The summed E-state index contributed by atoms with van der Waals surface area (Å²) >= 11 is 0. The molecular weight excluding hydrogens is 383 g/mol. The number of nitrogens with two attached hydrogens (primary N) is 1. The molecule has 0 aliphatic heterocycles. The molecule has 3 aromatic carbocycles. The zero-order valence-corrected chi connectivity index (χ0v) is 16.3. The fraction of sp³-hybridized carbons (Fsp3) is 0.130. The molecule has 30 heavy (non-hydrogen) atoms. The second kappa shape index (κ2) is 10.6. The minimum absolute atomic E-state index is 0.114. The van der Waals surface area contributed by atoms with Gasteiger partial charge in [-0.15, -0.1) is 0 Å². The van der Waals surface area contributed by atoms with E-state index in [0.29, 0.717) is 24.4 Å². The molecule has 154 valence electrons. The molecule has 0 radical (unpaired) electrons. The Kier molecular flexibility index (Phi) is 7.38. The van der Waals surface area contributed by atoms with E-state index in [9.17, 15) is 9.18 Å². The predicted molar refractivity (Wildman–Crippen MR) is 116 cm³/mol. The van der Waals surface area contributed by atoms with Crippen LogP contribution in [0.1, 0.15) is 5.56 Å². The number of carbonyl (C=O) groups is 1. The smallest absolute Gasteiger partial charge is 0.224 e. The van der Waals surface area contributed by atoms with Gasteiger partial charge in [0.25, 0.3) is 0 Å². The van der Waals surface area contributed by atoms with Crippen LogP contribution < -0.4 is 21.1 Å². The van der Waals surface area contributed by atoms with Crippen LogP contribution in [-0.4, -0.2) is 25.0 Å². The van der Waals surface area contributed by atoms with Gasteiger partial charge in [-0.1, -0.05) is 36.4 Å². The van der Waals surface area contributed by atoms with Gasteiger partial charge >= 0.3 is 0 Å². The van der Waals surface area contributed by atoms with Crippen LogP contribution in [0.15, 0.2) is 83.9 Å². The first-order valence-corrected chi connectivity index (χ1v) is 9.49. The Bertz CT molecular complexity index is 1010. The van der Waals surface area contributed by atoms with Crippen LogP contribution in [0.25, 0.3) is 0 Å². The standard InChI is InChI=1S/C23H23FN4O2/c24-18-7-4-6-17(14-18)15-22(29)26-12-13-27-23(25)28-19-8-5-11-21(16-19)30-20-9-2-1-3-10-20/h1-11,14,16H,12-13,15H2,(H,26,29)(H3,25,27,28). The van der Waals surface area contributed by atoms with Crippen molar-refractivity contribution in [3.63, 3.8) is 0 Å². The summed E-state index contributed by atoms with van der Waals surface area (Å²) in [6, 6.07) is 22.8. The Morgan fingerprint density at radius 3 is 2.53 bits per heavy atom. The fourth-order valence-electron chi connectivity index (χ4n) is 2.72. The highest BCUT2D eigenvalue weighted by Crippen LogP contribution is 2.23. The first-order valence-electron chi connectivity index (χ1n) is 9.49. The Morgan fingerprint density at radius 2 is 1.73 bits per heavy atom. The minimum atomic E-state index is -0.359. The first kappa shape index (κ1) is 20.9. The highest BCUT2D eigenvalue weighted by atomic mass is 19.1. The van der Waals surface area contributed by atoms with Crippen LogP contribution in [0.3, 0.4) is 0 Å². The monoisotopic (exact) mass is 406 g/mol. The molecule has 6 nitrogen and oxygen atoms in total. The number of rotatable bonds is 8. The molecule has 7 heteroatoms. The van der Waals surface area contributed by atoms with Crippen molar-refractivity contribution in [2.75, 3.05) is 18.4 Å². The van der Waals surface area contributed by atoms with Gasteiger partial charge in [-0.25, -0.2) is 4.39 Å². The molecule has 0 bridgehead atoms. The quantitative estimate of drug-likeness (QED) is 0.302. The molecule has 0 aromatic heterocycles. The number of hydrogen-bond donors (Lipinski definition) is 3. The first-order chi connectivity index (χ1) is 14.6. The normalized spacial score (nSPS) is 11.0. The summed E-state index contributed by atoms with van der Waals surface area (Å²) < 4.78 is 18.9. The summed E-state index contributed by atoms with van der Waals surface area (Å²) in [5, 5.41) is 5.73. The van der Waals surface area contributed by atoms with E-state index >= 15 is 0 Å². The molecule has 0 saturated heterocycles. The maximum atomic E-state index is 13.1. The third-order valence-corrected chi connectivity index (χ3v) is 4.06. The number of para-hydroxylation sites is 1. The molecule has 3 aromatic rings. The van der Waals surface area contributed by atoms with Crippen molar-refractivity contribution >= 4 is 17.6 Å². The lowest BCUT2D eigenvalue weighted by atomic mass is 10.1. The third kappa shape index (κ3) is 6.94. The van der Waals surface area contributed by atoms with E-state index in [-0.39, 0.29) is 24.1 Å². The van der Waals surface area contributed by atoms with Gasteiger partial charge < -0.3 is 21.1 Å². The average Bonchev–Trinajstić information content (AvgIpc) is 2.72. The van der Waals surface area contributed by atoms with Crippen LogP contribution in [0.4, 0.5) is 10.1 Å². The summed E-state index contributed by atoms with van der Waals surface area (Å²) in [6.45, 7) is 0.640. The number of nitrogens with one attached hydrogen (secondary N) is 2. The third-order valence-electron chi connectivity index (χ3n) is 4.06. The predicted octanol–water partition coefficient (Wildman–Crippen LogP) is 3.70. The van der Waals surface area contributed by atoms with E-state index in [4.69, 9.17) is 10.5 Å². The van der Waals surface area contributed by atoms with Crippen molar-refractivity contribution in [3.05, 3.63) is 90.2 Å². The number of amides is 1. The number of hydrogen-bond acceptors (Lipinski definition) is 3. The van der Waals surface area contributed by atoms with Crippen molar-refractivity contribution in [1.29, 1.82) is 0 Å². The lowest BCUT2D eigenvalue weighted by molar-refractivity contribution is -0.120. The molecule has 0 aliphatic carbocycles. The number of halogens is 1. The van der Waals surface area contributed by atoms with E-state index in [1.165, 1.54) is 12.1 Å². The Hall–Kier alpha value is -3.87. The maximum absolute atomic E-state index is 13.1. The Balaban J connectivity index is 1.43. The molecule has 1 amide bonds. The number of anilines is 1. The van der Waals surface area contributed by atoms with Crippen LogP contribution in [0.2, 0.25) is 0 Å². The number of benzene rings is 3. The highest BCUT2D eigenvalue weighted by Gasteiger charge is 2.04. The van der Waals surface area contributed by atoms with Crippen LogP contribution in [0, 0.1) is 5.82 Å². The largest absolute Gasteiger partial charge is 0.457 e. The molecular formula is C23H23FN4O2. The van der Waals surface area contributed by atoms with E-state index in [0.717, 1.165) is 11.4 Å². The Labute approximate surface area is 174 Å². The zero-order valence-electron chi connectivity index (χ0n) is 16.3. The van der Waals surface area contributed by atoms with Gasteiger partial charge in [0, 0.05) is 18.3 Å². The van der Waals surface area contributed by atoms with Crippen molar-refractivity contribution < 1.29 is 13.9 Å². The number of carbonyl (C=O) groups excluding carboxylic acids is 1. The second-order valence-corrected chi connectivity index (χ2v) is 6.49. The molecule has 3 rings (SSSR count). The molecule has 0 fully saturated rings. The van der Waals surface area contributed by atoms with Crippen molar-refractivity contribution in [1.82, 2.24) is 5.32 Å². The number of aliphatic imine (C=N–C) groups is 1. The summed E-state index contributed by atoms with van der Waals surface area (Å²) in [4.78, 5) is 16.1. The number of guanidine groups is 1. The molecule has 0 saturated carbocycles. The van der Waals surface area contributed by atoms with Gasteiger partial charge in [-0.05, 0) is 42.0 Å². The minimum Gasteiger partial charge on any atom is -0.457 e. The van der Waals surface area contributed by atoms with E-state index in [1.807, 2.05) is 54.6 Å². The topological polar surface area (TPSA) is 88.7 Å². The lowest BCUT2D eigenvalue weighted by Crippen LogP contribution is -2.29. The van der Waals surface area contributed by atoms with Gasteiger partial charge in [0.15, 0.2) is 5.96 Å².